The summed E-state index contributed by atoms with van der Waals surface area (Å²) in [5.41, 5.74) is 1.99. The van der Waals surface area contributed by atoms with Crippen LogP contribution in [0.15, 0.2) is 42.5 Å². The molecule has 0 bridgehead atoms. The number of amides is 2. The van der Waals surface area contributed by atoms with E-state index in [0.29, 0.717) is 15.7 Å². The Morgan fingerprint density at radius 1 is 1.04 bits per heavy atom. The first-order valence-electron chi connectivity index (χ1n) is 7.12. The van der Waals surface area contributed by atoms with Crippen LogP contribution in [0.1, 0.15) is 12.0 Å². The second kappa shape index (κ2) is 6.22. The zero-order chi connectivity index (χ0) is 16.6. The lowest BCUT2D eigenvalue weighted by atomic mass is 10.1. The lowest BCUT2D eigenvalue weighted by Crippen LogP contribution is -2.35. The molecule has 2 amide bonds. The Kier molecular flexibility index (Phi) is 4.28. The van der Waals surface area contributed by atoms with E-state index in [1.807, 2.05) is 13.0 Å². The smallest absolute Gasteiger partial charge is 0.256 e. The summed E-state index contributed by atoms with van der Waals surface area (Å²) >= 11 is 12.2. The highest BCUT2D eigenvalue weighted by atomic mass is 35.5. The quantitative estimate of drug-likeness (QED) is 0.851. The van der Waals surface area contributed by atoms with E-state index in [0.717, 1.165) is 16.2 Å². The molecule has 2 aromatic rings. The average Bonchev–Trinajstić information content (AvgIpc) is 2.79. The molecule has 0 aliphatic carbocycles. The van der Waals surface area contributed by atoms with Crippen molar-refractivity contribution in [3.05, 3.63) is 58.1 Å². The Bertz CT molecular complexity index is 792. The van der Waals surface area contributed by atoms with Crippen molar-refractivity contribution in [2.24, 2.45) is 0 Å². The molecule has 1 aliphatic rings. The Morgan fingerprint density at radius 3 is 2.48 bits per heavy atom. The third-order valence-corrected chi connectivity index (χ3v) is 4.57. The molecule has 1 aliphatic heterocycles. The summed E-state index contributed by atoms with van der Waals surface area (Å²) < 4.78 is 0. The lowest BCUT2D eigenvalue weighted by Gasteiger charge is -2.18. The summed E-state index contributed by atoms with van der Waals surface area (Å²) in [5.74, 6) is -0.595. The number of imide groups is 1. The van der Waals surface area contributed by atoms with Gasteiger partial charge in [0.1, 0.15) is 6.04 Å². The minimum atomic E-state index is -0.629. The number of nitrogens with zero attached hydrogens (tertiary/aromatic N) is 1. The highest BCUT2D eigenvalue weighted by Gasteiger charge is 2.40. The maximum absolute atomic E-state index is 12.6. The van der Waals surface area contributed by atoms with Crippen molar-refractivity contribution in [2.75, 3.05) is 10.2 Å². The van der Waals surface area contributed by atoms with Crippen LogP contribution < -0.4 is 10.2 Å². The number of benzene rings is 2. The molecule has 0 spiro atoms. The van der Waals surface area contributed by atoms with E-state index in [4.69, 9.17) is 23.2 Å². The molecule has 1 fully saturated rings. The van der Waals surface area contributed by atoms with Crippen molar-refractivity contribution in [2.45, 2.75) is 19.4 Å². The Balaban J connectivity index is 1.87. The third-order valence-electron chi connectivity index (χ3n) is 3.84. The van der Waals surface area contributed by atoms with Crippen LogP contribution in [-0.4, -0.2) is 17.9 Å². The first kappa shape index (κ1) is 15.8. The van der Waals surface area contributed by atoms with E-state index in [1.54, 1.807) is 36.4 Å². The topological polar surface area (TPSA) is 49.4 Å². The van der Waals surface area contributed by atoms with Gasteiger partial charge in [-0.3, -0.25) is 9.59 Å². The van der Waals surface area contributed by atoms with Gasteiger partial charge in [0.15, 0.2) is 0 Å². The van der Waals surface area contributed by atoms with E-state index < -0.39 is 6.04 Å². The molecule has 6 heteroatoms. The van der Waals surface area contributed by atoms with E-state index in [2.05, 4.69) is 5.32 Å². The number of rotatable bonds is 3. The Morgan fingerprint density at radius 2 is 1.74 bits per heavy atom. The SMILES string of the molecule is Cc1c(Cl)cccc1N[C@H]1CC(=O)N(c2ccccc2Cl)C1=O. The standard InChI is InChI=1S/C17H14Cl2N2O2/c1-10-11(18)6-4-7-13(10)20-14-9-16(22)21(17(14)23)15-8-3-2-5-12(15)19/h2-8,14,20H,9H2,1H3/t14-/m0/s1. The van der Waals surface area contributed by atoms with Crippen LogP contribution in [0, 0.1) is 6.92 Å². The number of anilines is 2. The second-order valence-corrected chi connectivity index (χ2v) is 6.15. The maximum Gasteiger partial charge on any atom is 0.256 e. The fourth-order valence-corrected chi connectivity index (χ4v) is 2.98. The van der Waals surface area contributed by atoms with Crippen molar-refractivity contribution in [1.82, 2.24) is 0 Å². The number of hydrogen-bond acceptors (Lipinski definition) is 3. The molecule has 1 heterocycles. The molecule has 0 unspecified atom stereocenters. The van der Waals surface area contributed by atoms with E-state index in [1.165, 1.54) is 0 Å². The van der Waals surface area contributed by atoms with Crippen LogP contribution in [0.3, 0.4) is 0 Å². The monoisotopic (exact) mass is 348 g/mol. The Labute approximate surface area is 144 Å². The number of halogens is 2. The van der Waals surface area contributed by atoms with Crippen LogP contribution in [-0.2, 0) is 9.59 Å². The van der Waals surface area contributed by atoms with Gasteiger partial charge < -0.3 is 5.32 Å². The van der Waals surface area contributed by atoms with Crippen LogP contribution in [0.25, 0.3) is 0 Å². The van der Waals surface area contributed by atoms with Gasteiger partial charge in [-0.2, -0.15) is 0 Å². The largest absolute Gasteiger partial charge is 0.373 e. The zero-order valence-corrected chi connectivity index (χ0v) is 13.9. The van der Waals surface area contributed by atoms with Crippen molar-refractivity contribution in [3.63, 3.8) is 0 Å². The minimum absolute atomic E-state index is 0.0794. The average molecular weight is 349 g/mol. The van der Waals surface area contributed by atoms with Gasteiger partial charge in [-0.1, -0.05) is 41.4 Å². The molecule has 0 radical (unpaired) electrons. The van der Waals surface area contributed by atoms with Gasteiger partial charge >= 0.3 is 0 Å². The van der Waals surface area contributed by atoms with Gasteiger partial charge in [-0.25, -0.2) is 4.90 Å². The molecule has 0 aromatic heterocycles. The molecular weight excluding hydrogens is 335 g/mol. The number of carbonyl (C=O) groups is 2. The fraction of sp³-hybridized carbons (Fsp3) is 0.176. The summed E-state index contributed by atoms with van der Waals surface area (Å²) in [7, 11) is 0. The van der Waals surface area contributed by atoms with Crippen LogP contribution in [0.4, 0.5) is 11.4 Å². The lowest BCUT2D eigenvalue weighted by molar-refractivity contribution is -0.121. The van der Waals surface area contributed by atoms with Crippen LogP contribution in [0.2, 0.25) is 10.0 Å². The molecule has 3 rings (SSSR count). The van der Waals surface area contributed by atoms with Crippen LogP contribution >= 0.6 is 23.2 Å². The second-order valence-electron chi connectivity index (χ2n) is 5.33. The van der Waals surface area contributed by atoms with Crippen LogP contribution in [0.5, 0.6) is 0 Å². The molecule has 23 heavy (non-hydrogen) atoms. The third kappa shape index (κ3) is 2.92. The van der Waals surface area contributed by atoms with Crippen molar-refractivity contribution >= 4 is 46.4 Å². The van der Waals surface area contributed by atoms with Gasteiger partial charge in [0.25, 0.3) is 5.91 Å². The van der Waals surface area contributed by atoms with E-state index in [-0.39, 0.29) is 18.2 Å². The van der Waals surface area contributed by atoms with Gasteiger partial charge in [0.05, 0.1) is 17.1 Å². The van der Waals surface area contributed by atoms with Gasteiger partial charge in [-0.05, 0) is 36.8 Å². The van der Waals surface area contributed by atoms with E-state index in [9.17, 15) is 9.59 Å². The molecule has 4 nitrogen and oxygen atoms in total. The van der Waals surface area contributed by atoms with E-state index >= 15 is 0 Å². The number of hydrogen-bond donors (Lipinski definition) is 1. The molecular formula is C17H14Cl2N2O2. The first-order valence-corrected chi connectivity index (χ1v) is 7.87. The first-order chi connectivity index (χ1) is 11.0. The summed E-state index contributed by atoms with van der Waals surface area (Å²) in [6.45, 7) is 1.86. The summed E-state index contributed by atoms with van der Waals surface area (Å²) in [4.78, 5) is 26.0. The van der Waals surface area contributed by atoms with Gasteiger partial charge in [0.2, 0.25) is 5.91 Å². The van der Waals surface area contributed by atoms with Crippen molar-refractivity contribution in [3.8, 4) is 0 Å². The fourth-order valence-electron chi connectivity index (χ4n) is 2.58. The summed E-state index contributed by atoms with van der Waals surface area (Å²) in [6.07, 6.45) is 0.0794. The highest BCUT2D eigenvalue weighted by molar-refractivity contribution is 6.36. The zero-order valence-electron chi connectivity index (χ0n) is 12.3. The number of carbonyl (C=O) groups excluding carboxylic acids is 2. The van der Waals surface area contributed by atoms with Crippen molar-refractivity contribution in [1.29, 1.82) is 0 Å². The number of nitrogens with one attached hydrogen (secondary N) is 1. The molecule has 1 saturated heterocycles. The molecule has 2 aromatic carbocycles. The molecule has 1 N–H and O–H groups in total. The highest BCUT2D eigenvalue weighted by Crippen LogP contribution is 2.31. The minimum Gasteiger partial charge on any atom is -0.373 e. The number of para-hydroxylation sites is 1. The molecule has 0 saturated carbocycles. The van der Waals surface area contributed by atoms with Gasteiger partial charge in [0, 0.05) is 10.7 Å². The Hall–Kier alpha value is -2.04. The molecule has 1 atom stereocenters. The molecule has 118 valence electrons. The summed E-state index contributed by atoms with van der Waals surface area (Å²) in [6, 6.07) is 11.6. The maximum atomic E-state index is 12.6. The predicted octanol–water partition coefficient (Wildman–Crippen LogP) is 4.05. The predicted molar refractivity (Wildman–Crippen MR) is 92.2 cm³/mol. The van der Waals surface area contributed by atoms with Gasteiger partial charge in [-0.15, -0.1) is 0 Å². The summed E-state index contributed by atoms with van der Waals surface area (Å²) in [5, 5.41) is 4.09. The van der Waals surface area contributed by atoms with Crippen molar-refractivity contribution < 1.29 is 9.59 Å². The normalized spacial score (nSPS) is 17.7.